The predicted molar refractivity (Wildman–Crippen MR) is 77.1 cm³/mol. The van der Waals surface area contributed by atoms with E-state index in [2.05, 4.69) is 36.1 Å². The molecule has 5 heteroatoms. The van der Waals surface area contributed by atoms with Crippen molar-refractivity contribution in [1.82, 2.24) is 15.2 Å². The van der Waals surface area contributed by atoms with Gasteiger partial charge in [-0.25, -0.2) is 4.98 Å². The maximum absolute atomic E-state index is 5.31. The van der Waals surface area contributed by atoms with E-state index >= 15 is 0 Å². The van der Waals surface area contributed by atoms with Crippen LogP contribution >= 0.6 is 11.3 Å². The summed E-state index contributed by atoms with van der Waals surface area (Å²) in [6.07, 6.45) is 1.16. The zero-order chi connectivity index (χ0) is 13.4. The summed E-state index contributed by atoms with van der Waals surface area (Å²) >= 11 is 1.73. The van der Waals surface area contributed by atoms with Gasteiger partial charge in [-0.1, -0.05) is 6.92 Å². The number of aryl methyl sites for hydroxylation is 1. The van der Waals surface area contributed by atoms with Crippen LogP contribution in [-0.2, 0) is 11.3 Å². The Kier molecular flexibility index (Phi) is 7.42. The molecule has 0 saturated carbocycles. The van der Waals surface area contributed by atoms with E-state index in [4.69, 9.17) is 4.74 Å². The molecule has 1 unspecified atom stereocenters. The fraction of sp³-hybridized carbons (Fsp3) is 0.769. The van der Waals surface area contributed by atoms with Gasteiger partial charge in [0.05, 0.1) is 17.8 Å². The zero-order valence-corrected chi connectivity index (χ0v) is 12.7. The van der Waals surface area contributed by atoms with Gasteiger partial charge < -0.3 is 10.1 Å². The number of methoxy groups -OCH3 is 1. The molecule has 0 aliphatic rings. The molecule has 1 atom stereocenters. The van der Waals surface area contributed by atoms with Crippen LogP contribution in [0.5, 0.6) is 0 Å². The molecular weight excluding hydrogens is 246 g/mol. The Morgan fingerprint density at radius 1 is 1.56 bits per heavy atom. The standard InChI is InChI=1S/C13H25N3OS/c1-5-6-14-7-12(9-17-4)16(3)8-13-11(2)15-10-18-13/h10,12,14H,5-9H2,1-4H3. The smallest absolute Gasteiger partial charge is 0.0798 e. The second-order valence-corrected chi connectivity index (χ2v) is 5.53. The summed E-state index contributed by atoms with van der Waals surface area (Å²) in [7, 11) is 3.91. The average Bonchev–Trinajstić information content (AvgIpc) is 2.74. The highest BCUT2D eigenvalue weighted by Gasteiger charge is 2.16. The van der Waals surface area contributed by atoms with E-state index in [9.17, 15) is 0 Å². The van der Waals surface area contributed by atoms with Gasteiger partial charge in [0, 0.05) is 31.1 Å². The second-order valence-electron chi connectivity index (χ2n) is 4.59. The molecule has 0 fully saturated rings. The van der Waals surface area contributed by atoms with Gasteiger partial charge in [0.2, 0.25) is 0 Å². The summed E-state index contributed by atoms with van der Waals surface area (Å²) in [5, 5.41) is 3.46. The molecule has 0 radical (unpaired) electrons. The minimum absolute atomic E-state index is 0.406. The number of aromatic nitrogens is 1. The summed E-state index contributed by atoms with van der Waals surface area (Å²) in [6.45, 7) is 7.98. The molecule has 1 aromatic heterocycles. The van der Waals surface area contributed by atoms with Crippen LogP contribution in [0.2, 0.25) is 0 Å². The topological polar surface area (TPSA) is 37.4 Å². The molecule has 0 aliphatic carbocycles. The molecule has 104 valence electrons. The lowest BCUT2D eigenvalue weighted by molar-refractivity contribution is 0.102. The lowest BCUT2D eigenvalue weighted by Gasteiger charge is -2.27. The molecule has 1 N–H and O–H groups in total. The predicted octanol–water partition coefficient (Wildman–Crippen LogP) is 1.90. The van der Waals surface area contributed by atoms with Gasteiger partial charge >= 0.3 is 0 Å². The summed E-state index contributed by atoms with van der Waals surface area (Å²) in [5.41, 5.74) is 3.06. The fourth-order valence-electron chi connectivity index (χ4n) is 1.81. The van der Waals surface area contributed by atoms with Crippen molar-refractivity contribution in [3.8, 4) is 0 Å². The van der Waals surface area contributed by atoms with Crippen LogP contribution < -0.4 is 5.32 Å². The third-order valence-electron chi connectivity index (χ3n) is 3.03. The van der Waals surface area contributed by atoms with Crippen LogP contribution in [0.4, 0.5) is 0 Å². The third-order valence-corrected chi connectivity index (χ3v) is 3.95. The molecule has 0 aromatic carbocycles. The molecule has 0 spiro atoms. The summed E-state index contributed by atoms with van der Waals surface area (Å²) < 4.78 is 5.31. The number of hydrogen-bond acceptors (Lipinski definition) is 5. The van der Waals surface area contributed by atoms with Crippen LogP contribution in [0.25, 0.3) is 0 Å². The van der Waals surface area contributed by atoms with E-state index in [0.29, 0.717) is 6.04 Å². The highest BCUT2D eigenvalue weighted by molar-refractivity contribution is 7.09. The molecule has 4 nitrogen and oxygen atoms in total. The van der Waals surface area contributed by atoms with Crippen molar-refractivity contribution in [2.45, 2.75) is 32.9 Å². The Morgan fingerprint density at radius 3 is 2.89 bits per heavy atom. The monoisotopic (exact) mass is 271 g/mol. The van der Waals surface area contributed by atoms with Gasteiger partial charge in [0.1, 0.15) is 0 Å². The minimum Gasteiger partial charge on any atom is -0.383 e. The molecule has 0 aliphatic heterocycles. The molecule has 0 saturated heterocycles. The number of thiazole rings is 1. The van der Waals surface area contributed by atoms with Crippen molar-refractivity contribution in [2.75, 3.05) is 33.9 Å². The molecular formula is C13H25N3OS. The molecule has 1 rings (SSSR count). The third kappa shape index (κ3) is 5.02. The fourth-order valence-corrected chi connectivity index (χ4v) is 2.65. The first-order valence-electron chi connectivity index (χ1n) is 6.47. The molecule has 0 bridgehead atoms. The highest BCUT2D eigenvalue weighted by Crippen LogP contribution is 2.15. The second kappa shape index (κ2) is 8.58. The summed E-state index contributed by atoms with van der Waals surface area (Å²) in [6, 6.07) is 0.406. The number of nitrogens with zero attached hydrogens (tertiary/aromatic N) is 2. The first kappa shape index (κ1) is 15.6. The van der Waals surface area contributed by atoms with E-state index in [1.807, 2.05) is 5.51 Å². The molecule has 18 heavy (non-hydrogen) atoms. The van der Waals surface area contributed by atoms with E-state index in [0.717, 1.165) is 38.4 Å². The van der Waals surface area contributed by atoms with Crippen molar-refractivity contribution in [2.24, 2.45) is 0 Å². The van der Waals surface area contributed by atoms with Crippen LogP contribution in [0, 0.1) is 6.92 Å². The lowest BCUT2D eigenvalue weighted by Crippen LogP contribution is -2.42. The number of nitrogens with one attached hydrogen (secondary N) is 1. The van der Waals surface area contributed by atoms with Crippen LogP contribution in [0.1, 0.15) is 23.9 Å². The Morgan fingerprint density at radius 2 is 2.33 bits per heavy atom. The van der Waals surface area contributed by atoms with Gasteiger partial charge in [0.15, 0.2) is 0 Å². The van der Waals surface area contributed by atoms with Gasteiger partial charge in [-0.15, -0.1) is 11.3 Å². The lowest BCUT2D eigenvalue weighted by atomic mass is 10.2. The largest absolute Gasteiger partial charge is 0.383 e. The quantitative estimate of drug-likeness (QED) is 0.696. The number of ether oxygens (including phenoxy) is 1. The van der Waals surface area contributed by atoms with Crippen molar-refractivity contribution in [1.29, 1.82) is 0 Å². The van der Waals surface area contributed by atoms with Gasteiger partial charge in [-0.05, 0) is 26.9 Å². The average molecular weight is 271 g/mol. The normalized spacial score (nSPS) is 13.2. The molecule has 1 aromatic rings. The van der Waals surface area contributed by atoms with Crippen molar-refractivity contribution >= 4 is 11.3 Å². The van der Waals surface area contributed by atoms with E-state index in [-0.39, 0.29) is 0 Å². The Balaban J connectivity index is 2.48. The summed E-state index contributed by atoms with van der Waals surface area (Å²) in [4.78, 5) is 7.98. The van der Waals surface area contributed by atoms with Crippen molar-refractivity contribution in [3.05, 3.63) is 16.1 Å². The van der Waals surface area contributed by atoms with Crippen LogP contribution in [-0.4, -0.2) is 49.8 Å². The van der Waals surface area contributed by atoms with Gasteiger partial charge in [-0.3, -0.25) is 4.90 Å². The Bertz CT molecular complexity index is 330. The van der Waals surface area contributed by atoms with Crippen molar-refractivity contribution in [3.63, 3.8) is 0 Å². The number of rotatable bonds is 9. The first-order chi connectivity index (χ1) is 8.69. The molecule has 0 amide bonds. The van der Waals surface area contributed by atoms with Gasteiger partial charge in [-0.2, -0.15) is 0 Å². The Hall–Kier alpha value is -0.490. The SMILES string of the molecule is CCCNCC(COC)N(C)Cc1scnc1C. The van der Waals surface area contributed by atoms with E-state index < -0.39 is 0 Å². The zero-order valence-electron chi connectivity index (χ0n) is 11.9. The highest BCUT2D eigenvalue weighted by atomic mass is 32.1. The van der Waals surface area contributed by atoms with Crippen molar-refractivity contribution < 1.29 is 4.74 Å². The van der Waals surface area contributed by atoms with E-state index in [1.54, 1.807) is 18.4 Å². The number of likely N-dealkylation sites (N-methyl/N-ethyl adjacent to an activating group) is 1. The molecule has 1 heterocycles. The van der Waals surface area contributed by atoms with Crippen LogP contribution in [0.15, 0.2) is 5.51 Å². The summed E-state index contributed by atoms with van der Waals surface area (Å²) in [5.74, 6) is 0. The Labute approximate surface area is 114 Å². The van der Waals surface area contributed by atoms with E-state index in [1.165, 1.54) is 4.88 Å². The first-order valence-corrected chi connectivity index (χ1v) is 7.35. The maximum atomic E-state index is 5.31. The maximum Gasteiger partial charge on any atom is 0.0798 e. The van der Waals surface area contributed by atoms with Crippen LogP contribution in [0.3, 0.4) is 0 Å². The van der Waals surface area contributed by atoms with Gasteiger partial charge in [0.25, 0.3) is 0 Å². The number of hydrogen-bond donors (Lipinski definition) is 1. The minimum atomic E-state index is 0.406.